The maximum Gasteiger partial charge on any atom is 0.305 e. The van der Waals surface area contributed by atoms with Crippen LogP contribution in [0.4, 0.5) is 0 Å². The van der Waals surface area contributed by atoms with Crippen LogP contribution < -0.4 is 0 Å². The zero-order valence-electron chi connectivity index (χ0n) is 10.3. The van der Waals surface area contributed by atoms with Crippen molar-refractivity contribution < 1.29 is 9.90 Å². The highest BCUT2D eigenvalue weighted by molar-refractivity contribution is 5.66. The lowest BCUT2D eigenvalue weighted by atomic mass is 10.1. The summed E-state index contributed by atoms with van der Waals surface area (Å²) in [6.45, 7) is 2.53. The molecule has 0 aliphatic carbocycles. The van der Waals surface area contributed by atoms with Crippen LogP contribution in [0, 0.1) is 0 Å². The largest absolute Gasteiger partial charge is 0.481 e. The Labute approximate surface area is 106 Å². The summed E-state index contributed by atoms with van der Waals surface area (Å²) in [7, 11) is 0. The van der Waals surface area contributed by atoms with Gasteiger partial charge in [0.1, 0.15) is 0 Å². The number of hydrogen-bond acceptors (Lipinski definition) is 2. The van der Waals surface area contributed by atoms with E-state index >= 15 is 0 Å². The number of hydrogen-bond donors (Lipinski definition) is 1. The van der Waals surface area contributed by atoms with Crippen molar-refractivity contribution in [1.82, 2.24) is 9.78 Å². The highest BCUT2D eigenvalue weighted by Crippen LogP contribution is 2.20. The molecule has 94 valence electrons. The van der Waals surface area contributed by atoms with Crippen LogP contribution in [0.3, 0.4) is 0 Å². The maximum atomic E-state index is 10.5. The van der Waals surface area contributed by atoms with Crippen LogP contribution in [0.25, 0.3) is 11.1 Å². The number of aliphatic carboxylic acids is 1. The van der Waals surface area contributed by atoms with Crippen molar-refractivity contribution in [2.24, 2.45) is 0 Å². The van der Waals surface area contributed by atoms with Gasteiger partial charge in [-0.1, -0.05) is 31.2 Å². The van der Waals surface area contributed by atoms with Crippen LogP contribution in [-0.4, -0.2) is 20.9 Å². The van der Waals surface area contributed by atoms with Gasteiger partial charge in [0.2, 0.25) is 0 Å². The molecule has 1 heterocycles. The van der Waals surface area contributed by atoms with Gasteiger partial charge >= 0.3 is 5.97 Å². The minimum atomic E-state index is -0.806. The summed E-state index contributed by atoms with van der Waals surface area (Å²) in [6, 6.07) is 8.30. The predicted octanol–water partition coefficient (Wildman–Crippen LogP) is 2.59. The van der Waals surface area contributed by atoms with Crippen LogP contribution in [-0.2, 0) is 17.8 Å². The van der Waals surface area contributed by atoms with Gasteiger partial charge in [-0.15, -0.1) is 0 Å². The number of carboxylic acids is 1. The number of rotatable bonds is 5. The van der Waals surface area contributed by atoms with Crippen LogP contribution in [0.2, 0.25) is 0 Å². The third-order valence-corrected chi connectivity index (χ3v) is 2.86. The fourth-order valence-corrected chi connectivity index (χ4v) is 1.82. The monoisotopic (exact) mass is 244 g/mol. The molecule has 0 bridgehead atoms. The minimum Gasteiger partial charge on any atom is -0.481 e. The number of aryl methyl sites for hydroxylation is 2. The first-order chi connectivity index (χ1) is 8.69. The lowest BCUT2D eigenvalue weighted by molar-refractivity contribution is -0.137. The van der Waals surface area contributed by atoms with E-state index in [1.807, 2.05) is 18.3 Å². The van der Waals surface area contributed by atoms with E-state index in [0.29, 0.717) is 6.54 Å². The van der Waals surface area contributed by atoms with Gasteiger partial charge in [0.25, 0.3) is 0 Å². The molecule has 2 aromatic rings. The van der Waals surface area contributed by atoms with Crippen LogP contribution >= 0.6 is 0 Å². The van der Waals surface area contributed by atoms with E-state index in [-0.39, 0.29) is 6.42 Å². The molecule has 4 nitrogen and oxygen atoms in total. The summed E-state index contributed by atoms with van der Waals surface area (Å²) < 4.78 is 1.67. The molecule has 1 N–H and O–H groups in total. The molecule has 0 radical (unpaired) electrons. The molecule has 0 unspecified atom stereocenters. The molecular formula is C14H16N2O2. The smallest absolute Gasteiger partial charge is 0.305 e. The van der Waals surface area contributed by atoms with E-state index in [4.69, 9.17) is 5.11 Å². The fourth-order valence-electron chi connectivity index (χ4n) is 1.82. The Morgan fingerprint density at radius 2 is 2.22 bits per heavy atom. The molecule has 0 spiro atoms. The van der Waals surface area contributed by atoms with E-state index in [1.54, 1.807) is 10.9 Å². The molecule has 1 aromatic heterocycles. The summed E-state index contributed by atoms with van der Waals surface area (Å²) in [4.78, 5) is 10.5. The normalized spacial score (nSPS) is 10.5. The van der Waals surface area contributed by atoms with Gasteiger partial charge < -0.3 is 5.11 Å². The summed E-state index contributed by atoms with van der Waals surface area (Å²) >= 11 is 0. The molecule has 1 aromatic carbocycles. The van der Waals surface area contributed by atoms with Crippen molar-refractivity contribution >= 4 is 5.97 Å². The number of nitrogens with zero attached hydrogens (tertiary/aromatic N) is 2. The molecule has 0 amide bonds. The van der Waals surface area contributed by atoms with Crippen molar-refractivity contribution in [3.63, 3.8) is 0 Å². The molecule has 0 atom stereocenters. The third-order valence-electron chi connectivity index (χ3n) is 2.86. The summed E-state index contributed by atoms with van der Waals surface area (Å²) in [5, 5.41) is 12.8. The molecule has 0 aliphatic heterocycles. The topological polar surface area (TPSA) is 55.1 Å². The van der Waals surface area contributed by atoms with Gasteiger partial charge in [-0.05, 0) is 17.5 Å². The summed E-state index contributed by atoms with van der Waals surface area (Å²) in [6.07, 6.45) is 4.76. The molecular weight excluding hydrogens is 228 g/mol. The average Bonchev–Trinajstić information content (AvgIpc) is 2.85. The van der Waals surface area contributed by atoms with Gasteiger partial charge in [-0.3, -0.25) is 9.48 Å². The molecule has 0 saturated carbocycles. The van der Waals surface area contributed by atoms with Gasteiger partial charge in [0.05, 0.1) is 19.2 Å². The van der Waals surface area contributed by atoms with Gasteiger partial charge in [-0.25, -0.2) is 0 Å². The van der Waals surface area contributed by atoms with Gasteiger partial charge in [-0.2, -0.15) is 5.10 Å². The Morgan fingerprint density at radius 3 is 2.94 bits per heavy atom. The maximum absolute atomic E-state index is 10.5. The van der Waals surface area contributed by atoms with E-state index in [9.17, 15) is 4.79 Å². The zero-order chi connectivity index (χ0) is 13.0. The Bertz CT molecular complexity index is 546. The fraction of sp³-hybridized carbons (Fsp3) is 0.286. The van der Waals surface area contributed by atoms with Crippen LogP contribution in [0.1, 0.15) is 18.9 Å². The summed E-state index contributed by atoms with van der Waals surface area (Å²) in [5.41, 5.74) is 3.43. The van der Waals surface area contributed by atoms with Crippen molar-refractivity contribution in [1.29, 1.82) is 0 Å². The standard InChI is InChI=1S/C14H16N2O2/c1-2-11-4-3-5-12(8-11)13-9-15-16(10-13)7-6-14(17)18/h3-5,8-10H,2,6-7H2,1H3,(H,17,18). The SMILES string of the molecule is CCc1cccc(-c2cnn(CCC(=O)O)c2)c1. The highest BCUT2D eigenvalue weighted by Gasteiger charge is 2.04. The lowest BCUT2D eigenvalue weighted by Gasteiger charge is -2.00. The van der Waals surface area contributed by atoms with Crippen molar-refractivity contribution in [3.8, 4) is 11.1 Å². The number of benzene rings is 1. The number of aromatic nitrogens is 2. The first-order valence-corrected chi connectivity index (χ1v) is 6.02. The summed E-state index contributed by atoms with van der Waals surface area (Å²) in [5.74, 6) is -0.806. The Balaban J connectivity index is 2.15. The van der Waals surface area contributed by atoms with E-state index in [1.165, 1.54) is 5.56 Å². The molecule has 2 rings (SSSR count). The Morgan fingerprint density at radius 1 is 1.39 bits per heavy atom. The molecule has 4 heteroatoms. The van der Waals surface area contributed by atoms with Gasteiger partial charge in [0, 0.05) is 11.8 Å². The zero-order valence-corrected chi connectivity index (χ0v) is 10.3. The third kappa shape index (κ3) is 2.97. The first-order valence-electron chi connectivity index (χ1n) is 6.02. The molecule has 18 heavy (non-hydrogen) atoms. The van der Waals surface area contributed by atoms with Crippen LogP contribution in [0.15, 0.2) is 36.7 Å². The molecule has 0 aliphatic rings. The predicted molar refractivity (Wildman–Crippen MR) is 69.3 cm³/mol. The average molecular weight is 244 g/mol. The minimum absolute atomic E-state index is 0.0934. The van der Waals surface area contributed by atoms with E-state index in [0.717, 1.165) is 17.5 Å². The number of carbonyl (C=O) groups is 1. The van der Waals surface area contributed by atoms with Crippen molar-refractivity contribution in [2.45, 2.75) is 26.3 Å². The highest BCUT2D eigenvalue weighted by atomic mass is 16.4. The molecule has 0 saturated heterocycles. The van der Waals surface area contributed by atoms with Crippen molar-refractivity contribution in [3.05, 3.63) is 42.2 Å². The Kier molecular flexibility index (Phi) is 3.77. The second-order valence-corrected chi connectivity index (χ2v) is 4.19. The Hall–Kier alpha value is -2.10. The first kappa shape index (κ1) is 12.4. The van der Waals surface area contributed by atoms with Gasteiger partial charge in [0.15, 0.2) is 0 Å². The quantitative estimate of drug-likeness (QED) is 0.879. The number of carboxylic acid groups (broad SMARTS) is 1. The molecule has 0 fully saturated rings. The lowest BCUT2D eigenvalue weighted by Crippen LogP contribution is -2.04. The van der Waals surface area contributed by atoms with Crippen LogP contribution in [0.5, 0.6) is 0 Å². The second kappa shape index (κ2) is 5.49. The second-order valence-electron chi connectivity index (χ2n) is 4.19. The van der Waals surface area contributed by atoms with E-state index in [2.05, 4.69) is 24.2 Å². The van der Waals surface area contributed by atoms with Crippen molar-refractivity contribution in [2.75, 3.05) is 0 Å². The van der Waals surface area contributed by atoms with E-state index < -0.39 is 5.97 Å².